The smallest absolute Gasteiger partial charge is 0.227 e. The zero-order chi connectivity index (χ0) is 25.9. The lowest BCUT2D eigenvalue weighted by molar-refractivity contribution is -0.140. The third-order valence-electron chi connectivity index (χ3n) is 9.49. The van der Waals surface area contributed by atoms with Crippen molar-refractivity contribution >= 4 is 33.3 Å². The van der Waals surface area contributed by atoms with Gasteiger partial charge < -0.3 is 10.2 Å². The zero-order valence-electron chi connectivity index (χ0n) is 22.3. The summed E-state index contributed by atoms with van der Waals surface area (Å²) in [7, 11) is -2.98. The third kappa shape index (κ3) is 7.18. The fraction of sp³-hybridized carbons (Fsp3) is 0.929. The maximum Gasteiger partial charge on any atom is 0.227 e. The van der Waals surface area contributed by atoms with E-state index in [1.165, 1.54) is 19.3 Å². The minimum atomic E-state index is -2.98. The van der Waals surface area contributed by atoms with Crippen LogP contribution >= 0.6 is 11.6 Å². The highest BCUT2D eigenvalue weighted by molar-refractivity contribution is 7.92. The number of sulfone groups is 1. The van der Waals surface area contributed by atoms with Gasteiger partial charge in [0.1, 0.15) is 0 Å². The van der Waals surface area contributed by atoms with Crippen molar-refractivity contribution in [2.45, 2.75) is 126 Å². The number of carbonyl (C=O) groups is 2. The van der Waals surface area contributed by atoms with Gasteiger partial charge in [-0.1, -0.05) is 19.8 Å². The lowest BCUT2D eigenvalue weighted by atomic mass is 9.81. The molecule has 4 fully saturated rings. The molecular formula is C28H47ClN2O4S. The van der Waals surface area contributed by atoms with Gasteiger partial charge in [0, 0.05) is 30.4 Å². The predicted molar refractivity (Wildman–Crippen MR) is 145 cm³/mol. The minimum Gasteiger partial charge on any atom is -0.353 e. The maximum absolute atomic E-state index is 13.4. The molecule has 0 radical (unpaired) electrons. The number of hydrogen-bond acceptors (Lipinski definition) is 4. The molecule has 6 nitrogen and oxygen atoms in total. The number of hydrogen-bond donors (Lipinski definition) is 1. The number of halogens is 1. The van der Waals surface area contributed by atoms with Crippen molar-refractivity contribution in [1.82, 2.24) is 10.2 Å². The second kappa shape index (κ2) is 12.4. The van der Waals surface area contributed by atoms with Crippen molar-refractivity contribution in [3.05, 3.63) is 0 Å². The highest BCUT2D eigenvalue weighted by Crippen LogP contribution is 2.37. The highest BCUT2D eigenvalue weighted by atomic mass is 35.5. The molecule has 0 spiro atoms. The molecule has 8 heteroatoms. The van der Waals surface area contributed by atoms with Gasteiger partial charge in [0.2, 0.25) is 11.8 Å². The van der Waals surface area contributed by atoms with Gasteiger partial charge in [-0.3, -0.25) is 9.59 Å². The predicted octanol–water partition coefficient (Wildman–Crippen LogP) is 5.08. The Labute approximate surface area is 223 Å². The van der Waals surface area contributed by atoms with Crippen LogP contribution in [0, 0.1) is 23.7 Å². The molecule has 4 saturated carbocycles. The van der Waals surface area contributed by atoms with E-state index in [4.69, 9.17) is 11.6 Å². The van der Waals surface area contributed by atoms with Gasteiger partial charge >= 0.3 is 0 Å². The van der Waals surface area contributed by atoms with Gasteiger partial charge in [0.15, 0.2) is 9.84 Å². The minimum absolute atomic E-state index is 0.0167. The van der Waals surface area contributed by atoms with Crippen LogP contribution in [-0.2, 0) is 19.4 Å². The van der Waals surface area contributed by atoms with Gasteiger partial charge in [-0.2, -0.15) is 0 Å². The molecule has 4 rings (SSSR count). The van der Waals surface area contributed by atoms with E-state index in [-0.39, 0.29) is 40.3 Å². The van der Waals surface area contributed by atoms with Gasteiger partial charge in [-0.15, -0.1) is 11.6 Å². The summed E-state index contributed by atoms with van der Waals surface area (Å²) in [4.78, 5) is 28.3. The van der Waals surface area contributed by atoms with Gasteiger partial charge in [0.05, 0.1) is 16.9 Å². The first-order valence-corrected chi connectivity index (χ1v) is 16.8. The van der Waals surface area contributed by atoms with E-state index in [9.17, 15) is 18.0 Å². The summed E-state index contributed by atoms with van der Waals surface area (Å²) < 4.78 is 25.2. The Balaban J connectivity index is 1.20. The van der Waals surface area contributed by atoms with Crippen LogP contribution in [-0.4, -0.2) is 60.1 Å². The number of alkyl halides is 1. The molecule has 0 heterocycles. The van der Waals surface area contributed by atoms with E-state index in [0.717, 1.165) is 51.5 Å². The standard InChI is InChI=1S/C28H47ClN2O4S/c1-3-31(26-7-5-4-6-19(26)2)28(33)24-15-12-22(17-25(24)29)30-27(32)16-20-10-13-23(14-11-20)36(34,35)18-21-8-9-21/h19-26H,3-18H2,1-2H3,(H,30,32). The number of nitrogens with zero attached hydrogens (tertiary/aromatic N) is 1. The molecule has 5 atom stereocenters. The second-order valence-electron chi connectivity index (χ2n) is 12.3. The summed E-state index contributed by atoms with van der Waals surface area (Å²) in [5.41, 5.74) is 0. The van der Waals surface area contributed by atoms with Crippen LogP contribution in [0.1, 0.15) is 104 Å². The molecule has 4 aliphatic rings. The summed E-state index contributed by atoms with van der Waals surface area (Å²) in [5.74, 6) is 1.65. The maximum atomic E-state index is 13.4. The van der Waals surface area contributed by atoms with E-state index < -0.39 is 9.84 Å². The van der Waals surface area contributed by atoms with Crippen molar-refractivity contribution in [2.24, 2.45) is 23.7 Å². The second-order valence-corrected chi connectivity index (χ2v) is 15.2. The van der Waals surface area contributed by atoms with Crippen molar-refractivity contribution < 1.29 is 18.0 Å². The Kier molecular flexibility index (Phi) is 9.68. The third-order valence-corrected chi connectivity index (χ3v) is 12.4. The van der Waals surface area contributed by atoms with Crippen LogP contribution in [0.5, 0.6) is 0 Å². The zero-order valence-corrected chi connectivity index (χ0v) is 23.9. The van der Waals surface area contributed by atoms with Gasteiger partial charge in [0.25, 0.3) is 0 Å². The van der Waals surface area contributed by atoms with Crippen LogP contribution in [0.3, 0.4) is 0 Å². The Morgan fingerprint density at radius 2 is 1.58 bits per heavy atom. The van der Waals surface area contributed by atoms with Crippen LogP contribution in [0.25, 0.3) is 0 Å². The molecular weight excluding hydrogens is 496 g/mol. The molecule has 0 aliphatic heterocycles. The molecule has 0 aromatic rings. The molecule has 4 aliphatic carbocycles. The molecule has 0 aromatic heterocycles. The van der Waals surface area contributed by atoms with Gasteiger partial charge in [-0.05, 0) is 95.3 Å². The largest absolute Gasteiger partial charge is 0.353 e. The topological polar surface area (TPSA) is 83.6 Å². The first-order chi connectivity index (χ1) is 17.2. The van der Waals surface area contributed by atoms with Crippen molar-refractivity contribution in [3.63, 3.8) is 0 Å². The van der Waals surface area contributed by atoms with E-state index in [1.54, 1.807) is 0 Å². The van der Waals surface area contributed by atoms with Crippen molar-refractivity contribution in [1.29, 1.82) is 0 Å². The van der Waals surface area contributed by atoms with E-state index in [2.05, 4.69) is 24.1 Å². The van der Waals surface area contributed by atoms with Crippen LogP contribution in [0.2, 0.25) is 0 Å². The van der Waals surface area contributed by atoms with Crippen molar-refractivity contribution in [3.8, 4) is 0 Å². The normalized spacial score (nSPS) is 35.7. The lowest BCUT2D eigenvalue weighted by Gasteiger charge is -2.42. The SMILES string of the molecule is CCN(C(=O)C1CCC(NC(=O)CC2CCC(S(=O)(=O)CC3CC3)CC2)CC1Cl)C1CCCCC1C. The molecule has 2 amide bonds. The summed E-state index contributed by atoms with van der Waals surface area (Å²) in [5, 5.41) is 2.72. The van der Waals surface area contributed by atoms with E-state index in [1.807, 2.05) is 0 Å². The summed E-state index contributed by atoms with van der Waals surface area (Å²) in [6, 6.07) is 0.347. The van der Waals surface area contributed by atoms with Crippen LogP contribution in [0.15, 0.2) is 0 Å². The Bertz CT molecular complexity index is 869. The average molecular weight is 543 g/mol. The van der Waals surface area contributed by atoms with E-state index in [0.29, 0.717) is 49.3 Å². The fourth-order valence-electron chi connectivity index (χ4n) is 7.04. The monoisotopic (exact) mass is 542 g/mol. The first kappa shape index (κ1) is 28.2. The summed E-state index contributed by atoms with van der Waals surface area (Å²) in [6.45, 7) is 5.08. The molecule has 36 heavy (non-hydrogen) atoms. The molecule has 5 unspecified atom stereocenters. The van der Waals surface area contributed by atoms with Crippen LogP contribution in [0.4, 0.5) is 0 Å². The summed E-state index contributed by atoms with van der Waals surface area (Å²) >= 11 is 6.77. The number of rotatable bonds is 9. The Hall–Kier alpha value is -0.820. The van der Waals surface area contributed by atoms with Gasteiger partial charge in [-0.25, -0.2) is 8.42 Å². The molecule has 0 saturated heterocycles. The number of amides is 2. The lowest BCUT2D eigenvalue weighted by Crippen LogP contribution is -2.51. The number of carbonyl (C=O) groups excluding carboxylic acids is 2. The summed E-state index contributed by atoms with van der Waals surface area (Å²) in [6.07, 6.45) is 12.5. The molecule has 0 bridgehead atoms. The van der Waals surface area contributed by atoms with E-state index >= 15 is 0 Å². The fourth-order valence-corrected chi connectivity index (χ4v) is 9.75. The highest BCUT2D eigenvalue weighted by Gasteiger charge is 2.40. The first-order valence-electron chi connectivity index (χ1n) is 14.6. The Morgan fingerprint density at radius 3 is 2.19 bits per heavy atom. The van der Waals surface area contributed by atoms with Crippen LogP contribution < -0.4 is 5.32 Å². The average Bonchev–Trinajstić information content (AvgIpc) is 3.64. The molecule has 206 valence electrons. The van der Waals surface area contributed by atoms with Crippen molar-refractivity contribution in [2.75, 3.05) is 12.3 Å². The number of nitrogens with one attached hydrogen (secondary N) is 1. The Morgan fingerprint density at radius 1 is 0.917 bits per heavy atom. The molecule has 0 aromatic carbocycles. The quantitative estimate of drug-likeness (QED) is 0.412. The molecule has 1 N–H and O–H groups in total.